The Morgan fingerprint density at radius 1 is 1.32 bits per heavy atom. The molecule has 2 aliphatic rings. The summed E-state index contributed by atoms with van der Waals surface area (Å²) in [6, 6.07) is 7.18. The Bertz CT molecular complexity index is 862. The second kappa shape index (κ2) is 8.14. The Labute approximate surface area is 165 Å². The maximum atomic E-state index is 12.6. The average molecular weight is 381 g/mol. The summed E-state index contributed by atoms with van der Waals surface area (Å²) in [5, 5.41) is 6.31. The molecule has 2 amide bonds. The quantitative estimate of drug-likeness (QED) is 0.806. The van der Waals surface area contributed by atoms with Crippen LogP contribution in [0.25, 0.3) is 0 Å². The van der Waals surface area contributed by atoms with Gasteiger partial charge in [-0.15, -0.1) is 0 Å². The smallest absolute Gasteiger partial charge is 0.241 e. The Kier molecular flexibility index (Phi) is 5.43. The lowest BCUT2D eigenvalue weighted by molar-refractivity contribution is -0.118. The van der Waals surface area contributed by atoms with Crippen molar-refractivity contribution in [2.24, 2.45) is 0 Å². The van der Waals surface area contributed by atoms with E-state index >= 15 is 0 Å². The molecule has 1 saturated heterocycles. The SMILES string of the molecule is CC(NCC1CCCn2ccnc21)C(=O)Nc1cccc(N2CCCC2=O)c1. The van der Waals surface area contributed by atoms with Gasteiger partial charge in [-0.05, 0) is 44.4 Å². The van der Waals surface area contributed by atoms with Gasteiger partial charge in [0.05, 0.1) is 6.04 Å². The number of amides is 2. The topological polar surface area (TPSA) is 79.3 Å². The van der Waals surface area contributed by atoms with Crippen LogP contribution in [-0.4, -0.2) is 40.5 Å². The van der Waals surface area contributed by atoms with Crippen LogP contribution in [0.2, 0.25) is 0 Å². The van der Waals surface area contributed by atoms with Crippen molar-refractivity contribution in [3.63, 3.8) is 0 Å². The van der Waals surface area contributed by atoms with E-state index in [0.29, 0.717) is 18.0 Å². The van der Waals surface area contributed by atoms with Crippen molar-refractivity contribution >= 4 is 23.2 Å². The summed E-state index contributed by atoms with van der Waals surface area (Å²) >= 11 is 0. The normalized spacial score (nSPS) is 20.1. The van der Waals surface area contributed by atoms with E-state index in [-0.39, 0.29) is 17.9 Å². The zero-order valence-corrected chi connectivity index (χ0v) is 16.2. The molecule has 4 rings (SSSR count). The van der Waals surface area contributed by atoms with Gasteiger partial charge in [-0.3, -0.25) is 9.59 Å². The van der Waals surface area contributed by atoms with Gasteiger partial charge in [-0.2, -0.15) is 0 Å². The summed E-state index contributed by atoms with van der Waals surface area (Å²) in [4.78, 5) is 30.8. The van der Waals surface area contributed by atoms with Gasteiger partial charge in [-0.25, -0.2) is 4.98 Å². The van der Waals surface area contributed by atoms with Gasteiger partial charge in [0.15, 0.2) is 0 Å². The lowest BCUT2D eigenvalue weighted by Gasteiger charge is -2.25. The highest BCUT2D eigenvalue weighted by molar-refractivity contribution is 5.98. The molecule has 1 aromatic heterocycles. The van der Waals surface area contributed by atoms with Crippen LogP contribution in [0.1, 0.15) is 44.3 Å². The number of aromatic nitrogens is 2. The molecule has 2 N–H and O–H groups in total. The van der Waals surface area contributed by atoms with Crippen molar-refractivity contribution in [2.75, 3.05) is 23.3 Å². The van der Waals surface area contributed by atoms with Gasteiger partial charge < -0.3 is 20.1 Å². The van der Waals surface area contributed by atoms with Gasteiger partial charge in [0.2, 0.25) is 11.8 Å². The highest BCUT2D eigenvalue weighted by Crippen LogP contribution is 2.26. The van der Waals surface area contributed by atoms with E-state index in [1.807, 2.05) is 43.6 Å². The monoisotopic (exact) mass is 381 g/mol. The number of nitrogens with zero attached hydrogens (tertiary/aromatic N) is 3. The molecule has 28 heavy (non-hydrogen) atoms. The summed E-state index contributed by atoms with van der Waals surface area (Å²) in [5.74, 6) is 1.51. The molecule has 0 aliphatic carbocycles. The lowest BCUT2D eigenvalue weighted by atomic mass is 9.98. The van der Waals surface area contributed by atoms with E-state index in [1.165, 1.54) is 0 Å². The van der Waals surface area contributed by atoms with Crippen LogP contribution < -0.4 is 15.5 Å². The van der Waals surface area contributed by atoms with Crippen LogP contribution >= 0.6 is 0 Å². The zero-order chi connectivity index (χ0) is 19.5. The second-order valence-corrected chi connectivity index (χ2v) is 7.64. The molecule has 1 aromatic carbocycles. The summed E-state index contributed by atoms with van der Waals surface area (Å²) in [7, 11) is 0. The van der Waals surface area contributed by atoms with Crippen molar-refractivity contribution < 1.29 is 9.59 Å². The predicted molar refractivity (Wildman–Crippen MR) is 108 cm³/mol. The third-order valence-electron chi connectivity index (χ3n) is 5.63. The third-order valence-corrected chi connectivity index (χ3v) is 5.63. The maximum absolute atomic E-state index is 12.6. The first-order chi connectivity index (χ1) is 13.6. The molecule has 1 fully saturated rings. The number of carbonyl (C=O) groups is 2. The molecule has 0 spiro atoms. The fraction of sp³-hybridized carbons (Fsp3) is 0.476. The van der Waals surface area contributed by atoms with E-state index < -0.39 is 0 Å². The first-order valence-electron chi connectivity index (χ1n) is 10.1. The minimum Gasteiger partial charge on any atom is -0.335 e. The number of hydrogen-bond donors (Lipinski definition) is 2. The molecular weight excluding hydrogens is 354 g/mol. The van der Waals surface area contributed by atoms with Crippen LogP contribution in [0, 0.1) is 0 Å². The summed E-state index contributed by atoms with van der Waals surface area (Å²) in [6.45, 7) is 4.37. The molecule has 2 unspecified atom stereocenters. The van der Waals surface area contributed by atoms with Crippen LogP contribution in [0.4, 0.5) is 11.4 Å². The van der Waals surface area contributed by atoms with Gasteiger partial charge in [0.1, 0.15) is 5.82 Å². The van der Waals surface area contributed by atoms with Crippen LogP contribution in [0.15, 0.2) is 36.7 Å². The number of fused-ring (bicyclic) bond motifs is 1. The molecule has 2 atom stereocenters. The number of aryl methyl sites for hydroxylation is 1. The first kappa shape index (κ1) is 18.7. The number of nitrogens with one attached hydrogen (secondary N) is 2. The predicted octanol–water partition coefficient (Wildman–Crippen LogP) is 2.50. The molecule has 0 saturated carbocycles. The fourth-order valence-corrected chi connectivity index (χ4v) is 4.04. The van der Waals surface area contributed by atoms with Crippen molar-refractivity contribution in [2.45, 2.75) is 51.1 Å². The van der Waals surface area contributed by atoms with Crippen molar-refractivity contribution in [3.05, 3.63) is 42.5 Å². The fourth-order valence-electron chi connectivity index (χ4n) is 4.04. The van der Waals surface area contributed by atoms with Crippen LogP contribution in [0.5, 0.6) is 0 Å². The largest absolute Gasteiger partial charge is 0.335 e. The van der Waals surface area contributed by atoms with Crippen molar-refractivity contribution in [1.29, 1.82) is 0 Å². The number of hydrogen-bond acceptors (Lipinski definition) is 4. The highest BCUT2D eigenvalue weighted by Gasteiger charge is 2.24. The summed E-state index contributed by atoms with van der Waals surface area (Å²) < 4.78 is 2.20. The molecule has 7 heteroatoms. The minimum atomic E-state index is -0.317. The molecule has 148 valence electrons. The zero-order valence-electron chi connectivity index (χ0n) is 16.2. The molecule has 2 aromatic rings. The number of imidazole rings is 1. The number of carbonyl (C=O) groups excluding carboxylic acids is 2. The average Bonchev–Trinajstić information content (AvgIpc) is 3.35. The number of benzene rings is 1. The van der Waals surface area contributed by atoms with E-state index in [9.17, 15) is 9.59 Å². The second-order valence-electron chi connectivity index (χ2n) is 7.64. The minimum absolute atomic E-state index is 0.0796. The summed E-state index contributed by atoms with van der Waals surface area (Å²) in [6.07, 6.45) is 7.58. The first-order valence-corrected chi connectivity index (χ1v) is 10.1. The van der Waals surface area contributed by atoms with Gasteiger partial charge >= 0.3 is 0 Å². The van der Waals surface area contributed by atoms with E-state index in [1.54, 1.807) is 4.90 Å². The molecule has 7 nitrogen and oxygen atoms in total. The van der Waals surface area contributed by atoms with Crippen LogP contribution in [0.3, 0.4) is 0 Å². The molecule has 3 heterocycles. The molecular formula is C21H27N5O2. The molecule has 0 bridgehead atoms. The lowest BCUT2D eigenvalue weighted by Crippen LogP contribution is -2.40. The van der Waals surface area contributed by atoms with Crippen molar-refractivity contribution in [1.82, 2.24) is 14.9 Å². The van der Waals surface area contributed by atoms with Crippen molar-refractivity contribution in [3.8, 4) is 0 Å². The van der Waals surface area contributed by atoms with Gasteiger partial charge in [-0.1, -0.05) is 6.07 Å². The standard InChI is InChI=1S/C21H27N5O2/c1-15(23-14-16-5-3-10-25-12-9-22-20(16)25)21(28)24-17-6-2-7-18(13-17)26-11-4-8-19(26)27/h2,6-7,9,12-13,15-16,23H,3-5,8,10-11,14H2,1H3,(H,24,28). The Morgan fingerprint density at radius 2 is 2.21 bits per heavy atom. The van der Waals surface area contributed by atoms with E-state index in [4.69, 9.17) is 0 Å². The number of anilines is 2. The highest BCUT2D eigenvalue weighted by atomic mass is 16.2. The Morgan fingerprint density at radius 3 is 3.04 bits per heavy atom. The Hall–Kier alpha value is -2.67. The maximum Gasteiger partial charge on any atom is 0.241 e. The molecule has 0 radical (unpaired) electrons. The van der Waals surface area contributed by atoms with Gasteiger partial charge in [0, 0.05) is 55.7 Å². The van der Waals surface area contributed by atoms with Gasteiger partial charge in [0.25, 0.3) is 0 Å². The number of rotatable bonds is 6. The van der Waals surface area contributed by atoms with E-state index in [0.717, 1.165) is 50.4 Å². The molecule has 2 aliphatic heterocycles. The van der Waals surface area contributed by atoms with E-state index in [2.05, 4.69) is 20.2 Å². The summed E-state index contributed by atoms with van der Waals surface area (Å²) in [5.41, 5.74) is 1.55. The van der Waals surface area contributed by atoms with Crippen LogP contribution in [-0.2, 0) is 16.1 Å². The third kappa shape index (κ3) is 3.94. The Balaban J connectivity index is 1.33.